The largest absolute Gasteiger partial charge is 0.450 e. The first-order valence-electron chi connectivity index (χ1n) is 8.10. The van der Waals surface area contributed by atoms with Crippen LogP contribution < -0.4 is 10.1 Å². The number of rotatable bonds is 4. The SMILES string of the molecule is COC[C@H]1O[C@@H](n2cc3c(nc2=S)Nc2ccccc2O3)C(F)C1OC. The lowest BCUT2D eigenvalue weighted by atomic mass is 10.1. The van der Waals surface area contributed by atoms with Gasteiger partial charge in [0.25, 0.3) is 0 Å². The second kappa shape index (κ2) is 6.92. The van der Waals surface area contributed by atoms with Crippen LogP contribution in [0.3, 0.4) is 0 Å². The van der Waals surface area contributed by atoms with Gasteiger partial charge >= 0.3 is 0 Å². The van der Waals surface area contributed by atoms with E-state index in [4.69, 9.17) is 31.2 Å². The third kappa shape index (κ3) is 2.86. The molecule has 0 spiro atoms. The lowest BCUT2D eigenvalue weighted by Gasteiger charge is -2.24. The Kier molecular flexibility index (Phi) is 4.62. The van der Waals surface area contributed by atoms with Gasteiger partial charge in [0.15, 0.2) is 29.7 Å². The van der Waals surface area contributed by atoms with E-state index in [1.807, 2.05) is 24.3 Å². The maximum Gasteiger partial charge on any atom is 0.203 e. The summed E-state index contributed by atoms with van der Waals surface area (Å²) in [5, 5.41) is 3.16. The summed E-state index contributed by atoms with van der Waals surface area (Å²) < 4.78 is 38.6. The van der Waals surface area contributed by atoms with Crippen LogP contribution in [0, 0.1) is 4.77 Å². The minimum Gasteiger partial charge on any atom is -0.450 e. The van der Waals surface area contributed by atoms with Crippen LogP contribution in [0.1, 0.15) is 6.23 Å². The molecule has 0 amide bonds. The molecule has 4 atom stereocenters. The molecule has 7 nitrogen and oxygen atoms in total. The summed E-state index contributed by atoms with van der Waals surface area (Å²) in [4.78, 5) is 4.34. The number of hydrogen-bond donors (Lipinski definition) is 1. The Morgan fingerprint density at radius 2 is 2.12 bits per heavy atom. The predicted octanol–water partition coefficient (Wildman–Crippen LogP) is 3.36. The molecule has 1 aromatic carbocycles. The molecular weight excluding hydrogens is 361 g/mol. The van der Waals surface area contributed by atoms with Gasteiger partial charge in [-0.2, -0.15) is 4.98 Å². The third-order valence-corrected chi connectivity index (χ3v) is 4.72. The Morgan fingerprint density at radius 3 is 2.88 bits per heavy atom. The van der Waals surface area contributed by atoms with E-state index in [2.05, 4.69) is 10.3 Å². The number of nitrogens with one attached hydrogen (secondary N) is 1. The Bertz CT molecular complexity index is 877. The quantitative estimate of drug-likeness (QED) is 0.697. The highest BCUT2D eigenvalue weighted by atomic mass is 32.1. The van der Waals surface area contributed by atoms with Gasteiger partial charge in [-0.15, -0.1) is 0 Å². The Morgan fingerprint density at radius 1 is 1.31 bits per heavy atom. The van der Waals surface area contributed by atoms with Crippen LogP contribution >= 0.6 is 12.2 Å². The first kappa shape index (κ1) is 17.3. The summed E-state index contributed by atoms with van der Waals surface area (Å²) in [6.07, 6.45) is -2.07. The fraction of sp³-hybridized carbons (Fsp3) is 0.412. The van der Waals surface area contributed by atoms with E-state index in [9.17, 15) is 4.39 Å². The van der Waals surface area contributed by atoms with E-state index in [1.54, 1.807) is 6.20 Å². The highest BCUT2D eigenvalue weighted by Crippen LogP contribution is 2.42. The molecule has 1 saturated heterocycles. The van der Waals surface area contributed by atoms with Crippen molar-refractivity contribution in [1.82, 2.24) is 9.55 Å². The summed E-state index contributed by atoms with van der Waals surface area (Å²) in [5.41, 5.74) is 0.791. The van der Waals surface area contributed by atoms with Gasteiger partial charge in [-0.1, -0.05) is 12.1 Å². The minimum atomic E-state index is -1.42. The topological polar surface area (TPSA) is 66.8 Å². The third-order valence-electron chi connectivity index (χ3n) is 4.42. The number of halogens is 1. The van der Waals surface area contributed by atoms with E-state index in [-0.39, 0.29) is 11.4 Å². The maximum atomic E-state index is 14.9. The zero-order valence-corrected chi connectivity index (χ0v) is 15.0. The number of aromatic nitrogens is 2. The van der Waals surface area contributed by atoms with E-state index >= 15 is 0 Å². The normalized spacial score (nSPS) is 26.6. The number of ether oxygens (including phenoxy) is 4. The Hall–Kier alpha value is -2.07. The molecule has 0 aliphatic carbocycles. The molecule has 3 heterocycles. The van der Waals surface area contributed by atoms with Crippen molar-refractivity contribution in [3.63, 3.8) is 0 Å². The summed E-state index contributed by atoms with van der Waals surface area (Å²) in [6.45, 7) is 0.215. The fourth-order valence-corrected chi connectivity index (χ4v) is 3.45. The minimum absolute atomic E-state index is 0.180. The average Bonchev–Trinajstić information content (AvgIpc) is 2.95. The van der Waals surface area contributed by atoms with Crippen LogP contribution in [0.2, 0.25) is 0 Å². The molecule has 26 heavy (non-hydrogen) atoms. The number of benzene rings is 1. The first-order chi connectivity index (χ1) is 12.6. The first-order valence-corrected chi connectivity index (χ1v) is 8.51. The van der Waals surface area contributed by atoms with Crippen molar-refractivity contribution in [2.75, 3.05) is 26.1 Å². The molecule has 1 fully saturated rings. The van der Waals surface area contributed by atoms with Gasteiger partial charge in [0.1, 0.15) is 12.2 Å². The zero-order chi connectivity index (χ0) is 18.3. The molecule has 2 aliphatic rings. The number of para-hydroxylation sites is 2. The molecular formula is C17H18FN3O4S. The van der Waals surface area contributed by atoms with Crippen LogP contribution in [0.15, 0.2) is 30.5 Å². The molecule has 2 aliphatic heterocycles. The summed E-state index contributed by atoms with van der Waals surface area (Å²) >= 11 is 5.34. The number of nitrogens with zero attached hydrogens (tertiary/aromatic N) is 2. The zero-order valence-electron chi connectivity index (χ0n) is 14.2. The molecule has 1 aromatic heterocycles. The predicted molar refractivity (Wildman–Crippen MR) is 94.3 cm³/mol. The molecule has 4 rings (SSSR count). The van der Waals surface area contributed by atoms with Gasteiger partial charge in [-0.3, -0.25) is 4.57 Å². The molecule has 0 radical (unpaired) electrons. The smallest absolute Gasteiger partial charge is 0.203 e. The number of fused-ring (bicyclic) bond motifs is 2. The van der Waals surface area contributed by atoms with Crippen molar-refractivity contribution in [3.05, 3.63) is 35.2 Å². The highest BCUT2D eigenvalue weighted by Gasteiger charge is 2.46. The van der Waals surface area contributed by atoms with Crippen LogP contribution in [-0.4, -0.2) is 48.8 Å². The van der Waals surface area contributed by atoms with Gasteiger partial charge in [0, 0.05) is 14.2 Å². The van der Waals surface area contributed by atoms with E-state index in [1.165, 1.54) is 18.8 Å². The molecule has 2 unspecified atom stereocenters. The highest BCUT2D eigenvalue weighted by molar-refractivity contribution is 7.71. The van der Waals surface area contributed by atoms with E-state index in [0.717, 1.165) is 5.69 Å². The number of anilines is 2. The molecule has 0 bridgehead atoms. The standard InChI is InChI=1S/C17H18FN3O4S/c1-22-8-12-14(23-2)13(18)16(25-12)21-7-11-15(20-17(21)26)19-9-5-3-4-6-10(9)24-11/h3-7,12-14,16H,8H2,1-2H3,(H,19,20,26)/t12-,13?,14?,16-/m1/s1. The average molecular weight is 379 g/mol. The number of alkyl halides is 1. The number of hydrogen-bond acceptors (Lipinski definition) is 7. The maximum absolute atomic E-state index is 14.9. The molecule has 9 heteroatoms. The van der Waals surface area contributed by atoms with Crippen LogP contribution in [0.5, 0.6) is 11.5 Å². The fourth-order valence-electron chi connectivity index (χ4n) is 3.20. The molecule has 138 valence electrons. The molecule has 0 saturated carbocycles. The second-order valence-corrected chi connectivity index (χ2v) is 6.40. The Labute approximate surface area is 154 Å². The van der Waals surface area contributed by atoms with Gasteiger partial charge in [-0.05, 0) is 24.4 Å². The van der Waals surface area contributed by atoms with E-state index in [0.29, 0.717) is 17.3 Å². The van der Waals surface area contributed by atoms with Gasteiger partial charge in [0.2, 0.25) is 4.77 Å². The van der Waals surface area contributed by atoms with Crippen molar-refractivity contribution in [2.24, 2.45) is 0 Å². The lowest BCUT2D eigenvalue weighted by molar-refractivity contribution is -0.0620. The van der Waals surface area contributed by atoms with Crippen molar-refractivity contribution < 1.29 is 23.3 Å². The van der Waals surface area contributed by atoms with Gasteiger partial charge < -0.3 is 24.3 Å². The molecule has 2 aromatic rings. The summed E-state index contributed by atoms with van der Waals surface area (Å²) in [6, 6.07) is 7.46. The lowest BCUT2D eigenvalue weighted by Crippen LogP contribution is -2.33. The van der Waals surface area contributed by atoms with Crippen molar-refractivity contribution in [3.8, 4) is 11.5 Å². The second-order valence-electron chi connectivity index (χ2n) is 6.03. The van der Waals surface area contributed by atoms with Gasteiger partial charge in [0.05, 0.1) is 18.5 Å². The Balaban J connectivity index is 1.68. The van der Waals surface area contributed by atoms with Crippen LogP contribution in [0.4, 0.5) is 15.9 Å². The van der Waals surface area contributed by atoms with Gasteiger partial charge in [-0.25, -0.2) is 4.39 Å². The monoisotopic (exact) mass is 379 g/mol. The number of methoxy groups -OCH3 is 2. The van der Waals surface area contributed by atoms with Crippen molar-refractivity contribution in [1.29, 1.82) is 0 Å². The van der Waals surface area contributed by atoms with E-state index < -0.39 is 24.6 Å². The molecule has 1 N–H and O–H groups in total. The van der Waals surface area contributed by atoms with Crippen LogP contribution in [0.25, 0.3) is 0 Å². The summed E-state index contributed by atoms with van der Waals surface area (Å²) in [7, 11) is 2.97. The van der Waals surface area contributed by atoms with Crippen molar-refractivity contribution >= 4 is 23.7 Å². The summed E-state index contributed by atoms with van der Waals surface area (Å²) in [5.74, 6) is 1.58. The van der Waals surface area contributed by atoms with Crippen molar-refractivity contribution in [2.45, 2.75) is 24.6 Å². The van der Waals surface area contributed by atoms with Crippen LogP contribution in [-0.2, 0) is 14.2 Å².